The first-order valence-electron chi connectivity index (χ1n) is 7.25. The zero-order chi connectivity index (χ0) is 14.6. The standard InChI is InChI=1S/C15H23NO3S/c1-3-14(16-8-10-20(17,18)4-2)12-5-6-15-13(11-12)7-9-19-15/h5-6,11,14,16H,3-4,7-10H2,1-2H3. The molecule has 1 aliphatic heterocycles. The maximum absolute atomic E-state index is 11.5. The Morgan fingerprint density at radius 1 is 1.35 bits per heavy atom. The van der Waals surface area contributed by atoms with E-state index in [1.54, 1.807) is 6.92 Å². The summed E-state index contributed by atoms with van der Waals surface area (Å²) in [7, 11) is -2.90. The number of hydrogen-bond donors (Lipinski definition) is 1. The second kappa shape index (κ2) is 6.59. The van der Waals surface area contributed by atoms with E-state index in [4.69, 9.17) is 4.74 Å². The van der Waals surface area contributed by atoms with Crippen LogP contribution in [-0.4, -0.2) is 33.1 Å². The van der Waals surface area contributed by atoms with Crippen molar-refractivity contribution in [3.05, 3.63) is 29.3 Å². The van der Waals surface area contributed by atoms with Gasteiger partial charge in [0.05, 0.1) is 12.4 Å². The number of sulfone groups is 1. The molecule has 0 fully saturated rings. The average molecular weight is 297 g/mol. The number of fused-ring (bicyclic) bond motifs is 1. The lowest BCUT2D eigenvalue weighted by atomic mass is 10.0. The van der Waals surface area contributed by atoms with Gasteiger partial charge in [-0.15, -0.1) is 0 Å². The highest BCUT2D eigenvalue weighted by Gasteiger charge is 2.16. The molecule has 1 aromatic rings. The highest BCUT2D eigenvalue weighted by atomic mass is 32.2. The van der Waals surface area contributed by atoms with E-state index >= 15 is 0 Å². The van der Waals surface area contributed by atoms with Crippen LogP contribution in [0.3, 0.4) is 0 Å². The van der Waals surface area contributed by atoms with Crippen molar-refractivity contribution < 1.29 is 13.2 Å². The Morgan fingerprint density at radius 3 is 2.85 bits per heavy atom. The van der Waals surface area contributed by atoms with E-state index in [-0.39, 0.29) is 17.5 Å². The summed E-state index contributed by atoms with van der Waals surface area (Å²) in [4.78, 5) is 0. The van der Waals surface area contributed by atoms with Gasteiger partial charge in [0.15, 0.2) is 9.84 Å². The lowest BCUT2D eigenvalue weighted by molar-refractivity contribution is 0.356. The molecule has 1 unspecified atom stereocenters. The van der Waals surface area contributed by atoms with Crippen molar-refractivity contribution in [2.24, 2.45) is 0 Å². The van der Waals surface area contributed by atoms with Crippen LogP contribution in [0.2, 0.25) is 0 Å². The first kappa shape index (κ1) is 15.3. The molecule has 0 saturated carbocycles. The van der Waals surface area contributed by atoms with E-state index in [9.17, 15) is 8.42 Å². The monoisotopic (exact) mass is 297 g/mol. The number of ether oxygens (including phenoxy) is 1. The third kappa shape index (κ3) is 3.73. The van der Waals surface area contributed by atoms with Gasteiger partial charge in [-0.05, 0) is 23.6 Å². The van der Waals surface area contributed by atoms with Gasteiger partial charge < -0.3 is 10.1 Å². The minimum absolute atomic E-state index is 0.202. The molecular weight excluding hydrogens is 274 g/mol. The summed E-state index contributed by atoms with van der Waals surface area (Å²) in [6.07, 6.45) is 1.90. The van der Waals surface area contributed by atoms with Crippen molar-refractivity contribution in [3.8, 4) is 5.75 Å². The van der Waals surface area contributed by atoms with Crippen LogP contribution in [0, 0.1) is 0 Å². The van der Waals surface area contributed by atoms with Crippen LogP contribution in [0.1, 0.15) is 37.4 Å². The average Bonchev–Trinajstić information content (AvgIpc) is 2.91. The largest absolute Gasteiger partial charge is 0.493 e. The molecule has 1 N–H and O–H groups in total. The molecule has 0 amide bonds. The first-order chi connectivity index (χ1) is 9.55. The molecule has 5 heteroatoms. The highest BCUT2D eigenvalue weighted by molar-refractivity contribution is 7.91. The Bertz CT molecular complexity index is 554. The summed E-state index contributed by atoms with van der Waals surface area (Å²) in [5, 5.41) is 3.35. The quantitative estimate of drug-likeness (QED) is 0.837. The number of hydrogen-bond acceptors (Lipinski definition) is 4. The molecule has 1 heterocycles. The SMILES string of the molecule is CCC(NCCS(=O)(=O)CC)c1ccc2c(c1)CCO2. The van der Waals surface area contributed by atoms with Crippen molar-refractivity contribution >= 4 is 9.84 Å². The number of nitrogens with one attached hydrogen (secondary N) is 1. The van der Waals surface area contributed by atoms with Gasteiger partial charge in [-0.3, -0.25) is 0 Å². The second-order valence-electron chi connectivity index (χ2n) is 5.12. The lowest BCUT2D eigenvalue weighted by Gasteiger charge is -2.18. The molecule has 1 aliphatic rings. The molecule has 4 nitrogen and oxygen atoms in total. The van der Waals surface area contributed by atoms with E-state index in [1.165, 1.54) is 11.1 Å². The summed E-state index contributed by atoms with van der Waals surface area (Å²) in [6, 6.07) is 6.47. The number of benzene rings is 1. The molecule has 0 aromatic heterocycles. The second-order valence-corrected chi connectivity index (χ2v) is 7.59. The van der Waals surface area contributed by atoms with Crippen LogP contribution in [0.5, 0.6) is 5.75 Å². The third-order valence-electron chi connectivity index (χ3n) is 3.77. The fourth-order valence-electron chi connectivity index (χ4n) is 2.45. The van der Waals surface area contributed by atoms with Crippen LogP contribution in [-0.2, 0) is 16.3 Å². The van der Waals surface area contributed by atoms with Gasteiger partial charge in [-0.25, -0.2) is 8.42 Å². The molecule has 0 spiro atoms. The maximum Gasteiger partial charge on any atom is 0.151 e. The zero-order valence-corrected chi connectivity index (χ0v) is 13.0. The number of rotatable bonds is 7. The predicted octanol–water partition coefficient (Wildman–Crippen LogP) is 2.10. The molecular formula is C15H23NO3S. The van der Waals surface area contributed by atoms with Crippen molar-refractivity contribution in [1.82, 2.24) is 5.32 Å². The van der Waals surface area contributed by atoms with E-state index in [2.05, 4.69) is 24.4 Å². The first-order valence-corrected chi connectivity index (χ1v) is 9.07. The van der Waals surface area contributed by atoms with Gasteiger partial charge in [0, 0.05) is 24.8 Å². The van der Waals surface area contributed by atoms with Gasteiger partial charge in [-0.2, -0.15) is 0 Å². The molecule has 0 aliphatic carbocycles. The Morgan fingerprint density at radius 2 is 2.15 bits per heavy atom. The van der Waals surface area contributed by atoms with Crippen molar-refractivity contribution in [2.45, 2.75) is 32.7 Å². The van der Waals surface area contributed by atoms with Gasteiger partial charge in [0.1, 0.15) is 5.75 Å². The van der Waals surface area contributed by atoms with E-state index in [0.29, 0.717) is 6.54 Å². The highest BCUT2D eigenvalue weighted by Crippen LogP contribution is 2.28. The zero-order valence-electron chi connectivity index (χ0n) is 12.2. The van der Waals surface area contributed by atoms with E-state index < -0.39 is 9.84 Å². The maximum atomic E-state index is 11.5. The van der Waals surface area contributed by atoms with Crippen molar-refractivity contribution in [3.63, 3.8) is 0 Å². The van der Waals surface area contributed by atoms with Gasteiger partial charge >= 0.3 is 0 Å². The van der Waals surface area contributed by atoms with Gasteiger partial charge in [-0.1, -0.05) is 26.0 Å². The Hall–Kier alpha value is -1.07. The molecule has 1 aromatic carbocycles. The van der Waals surface area contributed by atoms with Crippen molar-refractivity contribution in [1.29, 1.82) is 0 Å². The summed E-state index contributed by atoms with van der Waals surface area (Å²) < 4.78 is 28.5. The topological polar surface area (TPSA) is 55.4 Å². The Balaban J connectivity index is 1.98. The minimum atomic E-state index is -2.90. The van der Waals surface area contributed by atoms with Gasteiger partial charge in [0.25, 0.3) is 0 Å². The summed E-state index contributed by atoms with van der Waals surface area (Å²) in [6.45, 7) is 5.06. The van der Waals surface area contributed by atoms with Crippen LogP contribution >= 0.6 is 0 Å². The summed E-state index contributed by atoms with van der Waals surface area (Å²) >= 11 is 0. The fourth-order valence-corrected chi connectivity index (χ4v) is 3.17. The normalized spacial score (nSPS) is 15.7. The molecule has 0 radical (unpaired) electrons. The smallest absolute Gasteiger partial charge is 0.151 e. The fraction of sp³-hybridized carbons (Fsp3) is 0.600. The summed E-state index contributed by atoms with van der Waals surface area (Å²) in [5.74, 6) is 1.40. The summed E-state index contributed by atoms with van der Waals surface area (Å²) in [5.41, 5.74) is 2.47. The van der Waals surface area contributed by atoms with Crippen LogP contribution < -0.4 is 10.1 Å². The molecule has 112 valence electrons. The lowest BCUT2D eigenvalue weighted by Crippen LogP contribution is -2.27. The molecule has 1 atom stereocenters. The Kier molecular flexibility index (Phi) is 5.05. The molecule has 0 bridgehead atoms. The minimum Gasteiger partial charge on any atom is -0.493 e. The molecule has 2 rings (SSSR count). The third-order valence-corrected chi connectivity index (χ3v) is 5.47. The Labute approximate surface area is 121 Å². The van der Waals surface area contributed by atoms with Crippen LogP contribution in [0.4, 0.5) is 0 Å². The van der Waals surface area contributed by atoms with Crippen LogP contribution in [0.25, 0.3) is 0 Å². The van der Waals surface area contributed by atoms with Crippen molar-refractivity contribution in [2.75, 3.05) is 24.7 Å². The molecule has 0 saturated heterocycles. The van der Waals surface area contributed by atoms with Crippen LogP contribution in [0.15, 0.2) is 18.2 Å². The van der Waals surface area contributed by atoms with E-state index in [1.807, 2.05) is 6.07 Å². The molecule has 20 heavy (non-hydrogen) atoms. The van der Waals surface area contributed by atoms with Gasteiger partial charge in [0.2, 0.25) is 0 Å². The predicted molar refractivity (Wildman–Crippen MR) is 81.0 cm³/mol. The van der Waals surface area contributed by atoms with E-state index in [0.717, 1.165) is 25.2 Å².